The molecule has 5 N–H and O–H groups in total. The lowest BCUT2D eigenvalue weighted by Crippen LogP contribution is -2.69. The Morgan fingerprint density at radius 2 is 1.46 bits per heavy atom. The maximum Gasteiger partial charge on any atom is 0.410 e. The number of benzene rings is 3. The van der Waals surface area contributed by atoms with Gasteiger partial charge in [0.25, 0.3) is 5.91 Å². The van der Waals surface area contributed by atoms with Gasteiger partial charge < -0.3 is 36.0 Å². The van der Waals surface area contributed by atoms with E-state index in [1.165, 1.54) is 4.90 Å². The van der Waals surface area contributed by atoms with E-state index in [1.54, 1.807) is 66.4 Å². The summed E-state index contributed by atoms with van der Waals surface area (Å²) in [6.07, 6.45) is 1.75. The van der Waals surface area contributed by atoms with E-state index < -0.39 is 48.1 Å². The molecule has 3 aromatic carbocycles. The minimum Gasteiger partial charge on any atom is -0.481 e. The summed E-state index contributed by atoms with van der Waals surface area (Å²) in [5.41, 5.74) is 6.00. The Kier molecular flexibility index (Phi) is 15.7. The summed E-state index contributed by atoms with van der Waals surface area (Å²) in [5, 5.41) is 14.8. The van der Waals surface area contributed by atoms with E-state index in [-0.39, 0.29) is 44.5 Å². The van der Waals surface area contributed by atoms with Gasteiger partial charge in [0.1, 0.15) is 6.61 Å². The van der Waals surface area contributed by atoms with Gasteiger partial charge in [0, 0.05) is 39.0 Å². The second-order valence-corrected chi connectivity index (χ2v) is 13.6. The minimum absolute atomic E-state index is 0.0322. The molecule has 4 rings (SSSR count). The first-order valence-electron chi connectivity index (χ1n) is 18.4. The number of ketones is 1. The zero-order valence-electron chi connectivity index (χ0n) is 30.8. The van der Waals surface area contributed by atoms with Gasteiger partial charge in [-0.25, -0.2) is 4.79 Å². The Morgan fingerprint density at radius 3 is 2.04 bits per heavy atom. The molecule has 1 aliphatic heterocycles. The average Bonchev–Trinajstić information content (AvgIpc) is 3.18. The van der Waals surface area contributed by atoms with Crippen LogP contribution in [0.1, 0.15) is 62.1 Å². The molecule has 0 aliphatic carbocycles. The quantitative estimate of drug-likeness (QED) is 0.132. The molecular weight excluding hydrogens is 690 g/mol. The highest BCUT2D eigenvalue weighted by atomic mass is 16.6. The van der Waals surface area contributed by atoms with Crippen LogP contribution >= 0.6 is 0 Å². The predicted molar refractivity (Wildman–Crippen MR) is 202 cm³/mol. The van der Waals surface area contributed by atoms with Gasteiger partial charge in [0.15, 0.2) is 11.3 Å². The monoisotopic (exact) mass is 741 g/mol. The van der Waals surface area contributed by atoms with Crippen molar-refractivity contribution in [2.24, 2.45) is 11.7 Å². The van der Waals surface area contributed by atoms with Gasteiger partial charge in [-0.15, -0.1) is 0 Å². The van der Waals surface area contributed by atoms with E-state index in [4.69, 9.17) is 10.5 Å². The van der Waals surface area contributed by atoms with Crippen molar-refractivity contribution < 1.29 is 38.6 Å². The topological polar surface area (TPSA) is 188 Å². The number of carbonyl (C=O) groups is 6. The Morgan fingerprint density at radius 1 is 0.889 bits per heavy atom. The van der Waals surface area contributed by atoms with Crippen LogP contribution in [-0.2, 0) is 48.3 Å². The number of carbonyl (C=O) groups excluding carboxylic acids is 5. The van der Waals surface area contributed by atoms with E-state index in [0.717, 1.165) is 30.4 Å². The van der Waals surface area contributed by atoms with Crippen molar-refractivity contribution in [1.29, 1.82) is 0 Å². The van der Waals surface area contributed by atoms with E-state index in [1.807, 2.05) is 36.4 Å². The van der Waals surface area contributed by atoms with Crippen molar-refractivity contribution >= 4 is 35.6 Å². The largest absolute Gasteiger partial charge is 0.481 e. The molecule has 2 atom stereocenters. The molecule has 1 saturated heterocycles. The summed E-state index contributed by atoms with van der Waals surface area (Å²) in [7, 11) is 0. The number of carboxylic acids is 1. The molecule has 0 bridgehead atoms. The van der Waals surface area contributed by atoms with Crippen LogP contribution in [-0.4, -0.2) is 88.2 Å². The standard InChI is InChI=1S/C41H51N5O8/c1-2-45(36(48)20-12-19-30-21-23-46(24-22-30)40(53)54-29-33-17-10-5-11-18-33)28-35(47)44-41(26-31-13-6-3-7-14-31,38(51)34(42)25-37(49)50)39(52)43-27-32-15-8-4-9-16-32/h3-11,13-18,30,34H,2,12,19-29,42H2,1H3,(H,43,52)(H,44,47)(H,49,50)/t34-,41+/m0/s1. The summed E-state index contributed by atoms with van der Waals surface area (Å²) in [6, 6.07) is 25.4. The fourth-order valence-electron chi connectivity index (χ4n) is 6.61. The highest BCUT2D eigenvalue weighted by Crippen LogP contribution is 2.24. The van der Waals surface area contributed by atoms with Gasteiger partial charge in [0.05, 0.1) is 19.0 Å². The Bertz CT molecular complexity index is 1700. The smallest absolute Gasteiger partial charge is 0.410 e. The summed E-state index contributed by atoms with van der Waals surface area (Å²) < 4.78 is 5.46. The van der Waals surface area contributed by atoms with E-state index in [0.29, 0.717) is 31.0 Å². The van der Waals surface area contributed by atoms with Crippen molar-refractivity contribution in [2.45, 2.75) is 76.6 Å². The average molecular weight is 742 g/mol. The lowest BCUT2D eigenvalue weighted by atomic mass is 9.81. The molecule has 13 nitrogen and oxygen atoms in total. The van der Waals surface area contributed by atoms with Crippen molar-refractivity contribution in [3.63, 3.8) is 0 Å². The number of hydrogen-bond acceptors (Lipinski definition) is 8. The van der Waals surface area contributed by atoms with Crippen LogP contribution in [0.3, 0.4) is 0 Å². The summed E-state index contributed by atoms with van der Waals surface area (Å²) in [5.74, 6) is -3.83. The second-order valence-electron chi connectivity index (χ2n) is 13.6. The Balaban J connectivity index is 1.37. The third kappa shape index (κ3) is 12.3. The predicted octanol–water partition coefficient (Wildman–Crippen LogP) is 3.84. The van der Waals surface area contributed by atoms with Crippen LogP contribution in [0.15, 0.2) is 91.0 Å². The molecule has 13 heteroatoms. The number of likely N-dealkylation sites (N-methyl/N-ethyl adjacent to an activating group) is 1. The first-order chi connectivity index (χ1) is 26.0. The van der Waals surface area contributed by atoms with Crippen LogP contribution in [0.25, 0.3) is 0 Å². The first-order valence-corrected chi connectivity index (χ1v) is 18.4. The van der Waals surface area contributed by atoms with Crippen molar-refractivity contribution in [1.82, 2.24) is 20.4 Å². The highest BCUT2D eigenvalue weighted by molar-refractivity contribution is 6.15. The van der Waals surface area contributed by atoms with Crippen molar-refractivity contribution in [3.8, 4) is 0 Å². The number of hydrogen-bond donors (Lipinski definition) is 4. The SMILES string of the molecule is CCN(CC(=O)N[C@@](Cc1ccccc1)(C(=O)NCc1ccccc1)C(=O)[C@@H](N)CC(=O)O)C(=O)CCCC1CCN(C(=O)OCc2ccccc2)CC1. The summed E-state index contributed by atoms with van der Waals surface area (Å²) in [6.45, 7) is 2.91. The summed E-state index contributed by atoms with van der Waals surface area (Å²) in [4.78, 5) is 82.4. The normalized spacial score (nSPS) is 14.6. The molecular formula is C41H51N5O8. The minimum atomic E-state index is -2.27. The second kappa shape index (κ2) is 20.6. The van der Waals surface area contributed by atoms with Crippen LogP contribution < -0.4 is 16.4 Å². The van der Waals surface area contributed by atoms with Crippen LogP contribution in [0.5, 0.6) is 0 Å². The molecule has 1 aliphatic rings. The highest BCUT2D eigenvalue weighted by Gasteiger charge is 2.49. The van der Waals surface area contributed by atoms with Gasteiger partial charge in [-0.1, -0.05) is 91.0 Å². The molecule has 54 heavy (non-hydrogen) atoms. The van der Waals surface area contributed by atoms with Crippen molar-refractivity contribution in [3.05, 3.63) is 108 Å². The summed E-state index contributed by atoms with van der Waals surface area (Å²) >= 11 is 0. The maximum atomic E-state index is 14.1. The van der Waals surface area contributed by atoms with Gasteiger partial charge in [-0.05, 0) is 55.2 Å². The third-order valence-electron chi connectivity index (χ3n) is 9.65. The van der Waals surface area contributed by atoms with Gasteiger partial charge in [0.2, 0.25) is 11.8 Å². The van der Waals surface area contributed by atoms with E-state index >= 15 is 0 Å². The molecule has 0 radical (unpaired) electrons. The van der Waals surface area contributed by atoms with E-state index in [2.05, 4.69) is 10.6 Å². The molecule has 0 spiro atoms. The molecule has 288 valence electrons. The molecule has 0 aromatic heterocycles. The van der Waals surface area contributed by atoms with Crippen LogP contribution in [0.2, 0.25) is 0 Å². The number of nitrogens with zero attached hydrogens (tertiary/aromatic N) is 2. The number of piperidine rings is 1. The lowest BCUT2D eigenvalue weighted by molar-refractivity contribution is -0.146. The number of carboxylic acid groups (broad SMARTS) is 1. The molecule has 0 saturated carbocycles. The zero-order valence-corrected chi connectivity index (χ0v) is 30.8. The number of nitrogens with one attached hydrogen (secondary N) is 2. The zero-order chi connectivity index (χ0) is 38.9. The maximum absolute atomic E-state index is 14.1. The fraction of sp³-hybridized carbons (Fsp3) is 0.415. The fourth-order valence-corrected chi connectivity index (χ4v) is 6.61. The molecule has 0 unspecified atom stereocenters. The van der Waals surface area contributed by atoms with Gasteiger partial charge in [-0.2, -0.15) is 0 Å². The van der Waals surface area contributed by atoms with Crippen molar-refractivity contribution in [2.75, 3.05) is 26.2 Å². The lowest BCUT2D eigenvalue weighted by Gasteiger charge is -2.35. The first kappa shape index (κ1) is 41.2. The number of aliphatic carboxylic acids is 1. The van der Waals surface area contributed by atoms with Gasteiger partial charge in [-0.3, -0.25) is 24.0 Å². The molecule has 1 heterocycles. The van der Waals surface area contributed by atoms with Gasteiger partial charge >= 0.3 is 12.1 Å². The number of nitrogens with two attached hydrogens (primary N) is 1. The van der Waals surface area contributed by atoms with E-state index in [9.17, 15) is 33.9 Å². The number of ether oxygens (including phenoxy) is 1. The Hall–Kier alpha value is -5.56. The van der Waals surface area contributed by atoms with Crippen LogP contribution in [0, 0.1) is 5.92 Å². The number of amides is 4. The number of Topliss-reactive ketones (excluding diaryl/α,β-unsaturated/α-hetero) is 1. The molecule has 4 amide bonds. The third-order valence-corrected chi connectivity index (χ3v) is 9.65. The molecule has 1 fully saturated rings. The van der Waals surface area contributed by atoms with Crippen LogP contribution in [0.4, 0.5) is 4.79 Å². The number of rotatable bonds is 19. The number of likely N-dealkylation sites (tertiary alicyclic amines) is 1. The Labute approximate surface area is 316 Å². The molecule has 3 aromatic rings.